The van der Waals surface area contributed by atoms with Gasteiger partial charge in [-0.05, 0) is 37.6 Å². The Morgan fingerprint density at radius 1 is 1.19 bits per heavy atom. The van der Waals surface area contributed by atoms with Gasteiger partial charge in [-0.25, -0.2) is 0 Å². The summed E-state index contributed by atoms with van der Waals surface area (Å²) in [6.07, 6.45) is 0.982. The molecule has 1 aromatic carbocycles. The molecule has 1 aromatic heterocycles. The van der Waals surface area contributed by atoms with E-state index in [1.54, 1.807) is 19.2 Å². The van der Waals surface area contributed by atoms with Crippen LogP contribution in [0.5, 0.6) is 0 Å². The average molecular weight is 485 g/mol. The molecule has 2 rings (SSSR count). The van der Waals surface area contributed by atoms with E-state index in [2.05, 4.69) is 51.7 Å². The number of nitrogens with one attached hydrogen (secondary N) is 2. The highest BCUT2D eigenvalue weighted by Gasteiger charge is 2.08. The third kappa shape index (κ3) is 7.49. The number of nitrogens with two attached hydrogens (primary N) is 1. The van der Waals surface area contributed by atoms with E-state index in [-0.39, 0.29) is 29.7 Å². The first-order valence-corrected chi connectivity index (χ1v) is 8.77. The van der Waals surface area contributed by atoms with Gasteiger partial charge in [-0.1, -0.05) is 18.2 Å². The topological polar surface area (TPSA) is 95.9 Å². The molecule has 148 valence electrons. The standard InChI is InChI=1S/C19H27N5O2.HI/c1-3-24(15-8-5-4-6-9-15)13-7-12-22-19(21-2)23-14-16-10-11-17(26-16)18(20)25;/h4-6,8-11H,3,7,12-14H2,1-2H3,(H2,20,25)(H2,21,22,23);1H. The van der Waals surface area contributed by atoms with E-state index in [1.807, 2.05) is 6.07 Å². The predicted octanol–water partition coefficient (Wildman–Crippen LogP) is 2.58. The summed E-state index contributed by atoms with van der Waals surface area (Å²) in [4.78, 5) is 17.6. The van der Waals surface area contributed by atoms with E-state index in [0.717, 1.165) is 26.1 Å². The van der Waals surface area contributed by atoms with Crippen LogP contribution in [-0.4, -0.2) is 38.5 Å². The van der Waals surface area contributed by atoms with Gasteiger partial charge >= 0.3 is 0 Å². The Morgan fingerprint density at radius 3 is 2.52 bits per heavy atom. The second-order valence-corrected chi connectivity index (χ2v) is 5.75. The van der Waals surface area contributed by atoms with Crippen LogP contribution in [0.3, 0.4) is 0 Å². The number of primary amides is 1. The third-order valence-corrected chi connectivity index (χ3v) is 3.96. The molecule has 0 bridgehead atoms. The van der Waals surface area contributed by atoms with E-state index in [4.69, 9.17) is 10.2 Å². The lowest BCUT2D eigenvalue weighted by Gasteiger charge is -2.23. The Bertz CT molecular complexity index is 718. The molecule has 7 nitrogen and oxygen atoms in total. The predicted molar refractivity (Wildman–Crippen MR) is 120 cm³/mol. The molecular weight excluding hydrogens is 457 g/mol. The number of benzene rings is 1. The van der Waals surface area contributed by atoms with Gasteiger partial charge in [-0.2, -0.15) is 0 Å². The summed E-state index contributed by atoms with van der Waals surface area (Å²) in [7, 11) is 1.72. The van der Waals surface area contributed by atoms with Crippen molar-refractivity contribution in [1.29, 1.82) is 0 Å². The van der Waals surface area contributed by atoms with Crippen LogP contribution in [0.25, 0.3) is 0 Å². The molecule has 2 aromatic rings. The molecule has 0 saturated carbocycles. The van der Waals surface area contributed by atoms with Crippen LogP contribution < -0.4 is 21.3 Å². The summed E-state index contributed by atoms with van der Waals surface area (Å²) in [6.45, 7) is 5.32. The van der Waals surface area contributed by atoms with Crippen molar-refractivity contribution < 1.29 is 9.21 Å². The minimum Gasteiger partial charge on any atom is -0.454 e. The summed E-state index contributed by atoms with van der Waals surface area (Å²) < 4.78 is 5.33. The van der Waals surface area contributed by atoms with Crippen molar-refractivity contribution >= 4 is 41.5 Å². The fourth-order valence-corrected chi connectivity index (χ4v) is 2.58. The maximum absolute atomic E-state index is 11.0. The van der Waals surface area contributed by atoms with Gasteiger partial charge in [0, 0.05) is 32.4 Å². The van der Waals surface area contributed by atoms with Crippen molar-refractivity contribution in [2.75, 3.05) is 31.6 Å². The molecule has 1 heterocycles. The maximum atomic E-state index is 11.0. The number of hydrogen-bond acceptors (Lipinski definition) is 4. The first-order valence-electron chi connectivity index (χ1n) is 8.77. The van der Waals surface area contributed by atoms with Crippen LogP contribution in [0.4, 0.5) is 5.69 Å². The van der Waals surface area contributed by atoms with Gasteiger partial charge in [0.15, 0.2) is 11.7 Å². The largest absolute Gasteiger partial charge is 0.454 e. The van der Waals surface area contributed by atoms with Crippen LogP contribution >= 0.6 is 24.0 Å². The number of guanidine groups is 1. The number of amides is 1. The molecule has 0 fully saturated rings. The number of aliphatic imine (C=N–C) groups is 1. The quantitative estimate of drug-likeness (QED) is 0.220. The molecule has 0 saturated heterocycles. The number of halogens is 1. The van der Waals surface area contributed by atoms with Crippen LogP contribution in [-0.2, 0) is 6.54 Å². The smallest absolute Gasteiger partial charge is 0.284 e. The van der Waals surface area contributed by atoms with Gasteiger partial charge in [-0.3, -0.25) is 9.79 Å². The first-order chi connectivity index (χ1) is 12.6. The molecule has 0 aliphatic carbocycles. The molecule has 0 radical (unpaired) electrons. The average Bonchev–Trinajstić information content (AvgIpc) is 3.14. The lowest BCUT2D eigenvalue weighted by molar-refractivity contribution is 0.0972. The number of carbonyl (C=O) groups excluding carboxylic acids is 1. The molecular formula is C19H28IN5O2. The van der Waals surface area contributed by atoms with Gasteiger partial charge in [0.25, 0.3) is 5.91 Å². The SMILES string of the molecule is CCN(CCCNC(=NC)NCc1ccc(C(N)=O)o1)c1ccccc1.I. The molecule has 0 unspecified atom stereocenters. The van der Waals surface area contributed by atoms with Crippen molar-refractivity contribution in [2.24, 2.45) is 10.7 Å². The molecule has 4 N–H and O–H groups in total. The van der Waals surface area contributed by atoms with E-state index in [9.17, 15) is 4.79 Å². The van der Waals surface area contributed by atoms with Gasteiger partial charge in [0.05, 0.1) is 6.54 Å². The monoisotopic (exact) mass is 485 g/mol. The van der Waals surface area contributed by atoms with Crippen molar-refractivity contribution in [3.8, 4) is 0 Å². The van der Waals surface area contributed by atoms with Crippen LogP contribution in [0.2, 0.25) is 0 Å². The molecule has 1 amide bonds. The van der Waals surface area contributed by atoms with Crippen LogP contribution in [0.15, 0.2) is 51.9 Å². The number of anilines is 1. The van der Waals surface area contributed by atoms with Crippen molar-refractivity contribution in [3.63, 3.8) is 0 Å². The number of para-hydroxylation sites is 1. The number of furan rings is 1. The number of hydrogen-bond donors (Lipinski definition) is 3. The second kappa shape index (κ2) is 12.2. The highest BCUT2D eigenvalue weighted by Crippen LogP contribution is 2.12. The summed E-state index contributed by atoms with van der Waals surface area (Å²) in [5.41, 5.74) is 6.41. The zero-order valence-corrected chi connectivity index (χ0v) is 18.1. The molecule has 0 atom stereocenters. The minimum absolute atomic E-state index is 0. The Morgan fingerprint density at radius 2 is 1.93 bits per heavy atom. The zero-order valence-electron chi connectivity index (χ0n) is 15.8. The van der Waals surface area contributed by atoms with Crippen LogP contribution in [0.1, 0.15) is 29.7 Å². The summed E-state index contributed by atoms with van der Waals surface area (Å²) in [6, 6.07) is 13.7. The van der Waals surface area contributed by atoms with E-state index in [1.165, 1.54) is 5.69 Å². The molecule has 0 aliphatic heterocycles. The Hall–Kier alpha value is -2.23. The maximum Gasteiger partial charge on any atom is 0.284 e. The van der Waals surface area contributed by atoms with Gasteiger partial charge in [-0.15, -0.1) is 24.0 Å². The fourth-order valence-electron chi connectivity index (χ4n) is 2.58. The highest BCUT2D eigenvalue weighted by atomic mass is 127. The van der Waals surface area contributed by atoms with Gasteiger partial charge in [0.2, 0.25) is 0 Å². The van der Waals surface area contributed by atoms with Crippen LogP contribution in [0, 0.1) is 0 Å². The first kappa shape index (κ1) is 22.8. The highest BCUT2D eigenvalue weighted by molar-refractivity contribution is 14.0. The zero-order chi connectivity index (χ0) is 18.8. The minimum atomic E-state index is -0.572. The molecule has 27 heavy (non-hydrogen) atoms. The Labute approximate surface area is 177 Å². The number of nitrogens with zero attached hydrogens (tertiary/aromatic N) is 2. The van der Waals surface area contributed by atoms with Crippen molar-refractivity contribution in [3.05, 3.63) is 54.0 Å². The molecule has 0 spiro atoms. The Kier molecular flexibility index (Phi) is 10.3. The lowest BCUT2D eigenvalue weighted by Crippen LogP contribution is -2.38. The third-order valence-electron chi connectivity index (χ3n) is 3.96. The van der Waals surface area contributed by atoms with Gasteiger partial charge in [0.1, 0.15) is 5.76 Å². The summed E-state index contributed by atoms with van der Waals surface area (Å²) in [5.74, 6) is 0.899. The lowest BCUT2D eigenvalue weighted by atomic mass is 10.2. The number of carbonyl (C=O) groups is 1. The fraction of sp³-hybridized carbons (Fsp3) is 0.368. The molecule has 0 aliphatic rings. The van der Waals surface area contributed by atoms with Crippen molar-refractivity contribution in [2.45, 2.75) is 19.9 Å². The molecule has 8 heteroatoms. The van der Waals surface area contributed by atoms with Crippen molar-refractivity contribution in [1.82, 2.24) is 10.6 Å². The summed E-state index contributed by atoms with van der Waals surface area (Å²) >= 11 is 0. The van der Waals surface area contributed by atoms with E-state index < -0.39 is 5.91 Å². The summed E-state index contributed by atoms with van der Waals surface area (Å²) in [5, 5.41) is 6.43. The van der Waals surface area contributed by atoms with E-state index in [0.29, 0.717) is 18.3 Å². The van der Waals surface area contributed by atoms with Gasteiger partial charge < -0.3 is 25.7 Å². The second-order valence-electron chi connectivity index (χ2n) is 5.75. The number of rotatable bonds is 9. The van der Waals surface area contributed by atoms with E-state index >= 15 is 0 Å². The normalized spacial score (nSPS) is 10.8. The Balaban J connectivity index is 0.00000364.